The number of rotatable bonds is 6. The lowest BCUT2D eigenvalue weighted by molar-refractivity contribution is -0.117. The van der Waals surface area contributed by atoms with Crippen molar-refractivity contribution in [2.75, 3.05) is 18.4 Å². The molecule has 5 nitrogen and oxygen atoms in total. The van der Waals surface area contributed by atoms with Crippen molar-refractivity contribution in [3.05, 3.63) is 29.8 Å². The molecule has 0 bridgehead atoms. The van der Waals surface area contributed by atoms with Crippen LogP contribution in [0.3, 0.4) is 0 Å². The Morgan fingerprint density at radius 2 is 2.15 bits per heavy atom. The molecule has 1 aromatic rings. The largest absolute Gasteiger partial charge is 0.325 e. The highest BCUT2D eigenvalue weighted by Gasteiger charge is 2.13. The maximum absolute atomic E-state index is 12.0. The molecule has 104 valence electrons. The third-order valence-electron chi connectivity index (χ3n) is 2.86. The van der Waals surface area contributed by atoms with Crippen molar-refractivity contribution < 1.29 is 4.79 Å². The predicted octanol–water partition coefficient (Wildman–Crippen LogP) is 2.12. The van der Waals surface area contributed by atoms with Crippen molar-refractivity contribution in [2.24, 2.45) is 0 Å². The molecule has 0 aliphatic heterocycles. The average molecular weight is 270 g/mol. The van der Waals surface area contributed by atoms with Gasteiger partial charge in [-0.15, -0.1) is 0 Å². The van der Waals surface area contributed by atoms with Crippen molar-refractivity contribution in [2.45, 2.75) is 26.3 Å². The summed E-state index contributed by atoms with van der Waals surface area (Å²) in [5.74, 6) is -0.147. The Morgan fingerprint density at radius 3 is 2.75 bits per heavy atom. The van der Waals surface area contributed by atoms with Gasteiger partial charge in [-0.05, 0) is 32.0 Å². The number of amides is 1. The Bertz CT molecular complexity index is 540. The molecule has 0 aliphatic carbocycles. The Balaban J connectivity index is 2.61. The van der Waals surface area contributed by atoms with E-state index < -0.39 is 0 Å². The molecule has 0 aliphatic rings. The number of hydrogen-bond donors (Lipinski definition) is 1. The van der Waals surface area contributed by atoms with Gasteiger partial charge in [0.1, 0.15) is 0 Å². The molecule has 20 heavy (non-hydrogen) atoms. The van der Waals surface area contributed by atoms with E-state index in [0.29, 0.717) is 24.2 Å². The summed E-state index contributed by atoms with van der Waals surface area (Å²) in [6.07, 6.45) is 0.398. The van der Waals surface area contributed by atoms with Crippen LogP contribution in [0.4, 0.5) is 5.69 Å². The van der Waals surface area contributed by atoms with E-state index in [4.69, 9.17) is 10.5 Å². The first-order valence-corrected chi connectivity index (χ1v) is 6.48. The second kappa shape index (κ2) is 7.93. The maximum atomic E-state index is 12.0. The third-order valence-corrected chi connectivity index (χ3v) is 2.86. The summed E-state index contributed by atoms with van der Waals surface area (Å²) in [5, 5.41) is 20.2. The normalized spacial score (nSPS) is 10.1. The molecule has 1 aromatic carbocycles. The van der Waals surface area contributed by atoms with Crippen LogP contribution >= 0.6 is 0 Å². The number of nitrogens with one attached hydrogen (secondary N) is 1. The summed E-state index contributed by atoms with van der Waals surface area (Å²) in [4.78, 5) is 13.9. The third kappa shape index (κ3) is 5.09. The summed E-state index contributed by atoms with van der Waals surface area (Å²) in [5.41, 5.74) is 1.12. The van der Waals surface area contributed by atoms with Crippen LogP contribution in [0.25, 0.3) is 0 Å². The van der Waals surface area contributed by atoms with Crippen LogP contribution in [-0.4, -0.2) is 29.9 Å². The van der Waals surface area contributed by atoms with E-state index in [0.717, 1.165) is 0 Å². The van der Waals surface area contributed by atoms with Gasteiger partial charge >= 0.3 is 0 Å². The van der Waals surface area contributed by atoms with Crippen molar-refractivity contribution in [1.29, 1.82) is 10.5 Å². The van der Waals surface area contributed by atoms with Gasteiger partial charge < -0.3 is 5.32 Å². The number of carbonyl (C=O) groups is 1. The topological polar surface area (TPSA) is 79.9 Å². The molecule has 5 heteroatoms. The Kier molecular flexibility index (Phi) is 6.22. The van der Waals surface area contributed by atoms with E-state index in [-0.39, 0.29) is 18.5 Å². The molecule has 1 N–H and O–H groups in total. The monoisotopic (exact) mass is 270 g/mol. The van der Waals surface area contributed by atoms with E-state index in [9.17, 15) is 4.79 Å². The van der Waals surface area contributed by atoms with Crippen molar-refractivity contribution in [3.8, 4) is 12.1 Å². The van der Waals surface area contributed by atoms with E-state index in [2.05, 4.69) is 11.4 Å². The highest BCUT2D eigenvalue weighted by molar-refractivity contribution is 5.92. The molecule has 0 saturated carbocycles. The zero-order chi connectivity index (χ0) is 15.0. The zero-order valence-corrected chi connectivity index (χ0v) is 11.8. The summed E-state index contributed by atoms with van der Waals surface area (Å²) < 4.78 is 0. The van der Waals surface area contributed by atoms with Gasteiger partial charge in [0, 0.05) is 24.7 Å². The highest BCUT2D eigenvalue weighted by atomic mass is 16.2. The molecule has 0 fully saturated rings. The molecular formula is C15H18N4O. The number of nitriles is 2. The molecule has 0 aromatic heterocycles. The molecule has 0 spiro atoms. The average Bonchev–Trinajstić information content (AvgIpc) is 2.43. The Morgan fingerprint density at radius 1 is 1.40 bits per heavy atom. The van der Waals surface area contributed by atoms with Crippen molar-refractivity contribution >= 4 is 11.6 Å². The van der Waals surface area contributed by atoms with Crippen molar-refractivity contribution in [3.63, 3.8) is 0 Å². The first kappa shape index (κ1) is 15.7. The number of carbonyl (C=O) groups excluding carboxylic acids is 1. The first-order chi connectivity index (χ1) is 9.56. The predicted molar refractivity (Wildman–Crippen MR) is 76.7 cm³/mol. The molecule has 0 heterocycles. The van der Waals surface area contributed by atoms with Crippen LogP contribution < -0.4 is 5.32 Å². The lowest BCUT2D eigenvalue weighted by Crippen LogP contribution is -2.38. The molecule has 0 saturated heterocycles. The van der Waals surface area contributed by atoms with Gasteiger partial charge in [0.25, 0.3) is 0 Å². The fourth-order valence-corrected chi connectivity index (χ4v) is 1.76. The minimum atomic E-state index is -0.147. The standard InChI is InChI=1S/C15H18N4O/c1-12(2)19(8-4-7-16)11-15(20)18-14-6-3-5-13(9-14)10-17/h3,5-6,9,12H,4,8,11H2,1-2H3,(H,18,20). The quantitative estimate of drug-likeness (QED) is 0.858. The van der Waals surface area contributed by atoms with Gasteiger partial charge in [-0.3, -0.25) is 9.69 Å². The Hall–Kier alpha value is -2.37. The lowest BCUT2D eigenvalue weighted by Gasteiger charge is -2.24. The zero-order valence-electron chi connectivity index (χ0n) is 11.8. The van der Waals surface area contributed by atoms with Crippen LogP contribution in [0, 0.1) is 22.7 Å². The molecule has 0 radical (unpaired) electrons. The summed E-state index contributed by atoms with van der Waals surface area (Å²) >= 11 is 0. The second-order valence-electron chi connectivity index (χ2n) is 4.71. The van der Waals surface area contributed by atoms with Crippen LogP contribution in [-0.2, 0) is 4.79 Å². The van der Waals surface area contributed by atoms with Crippen molar-refractivity contribution in [1.82, 2.24) is 4.90 Å². The van der Waals surface area contributed by atoms with Crippen LogP contribution in [0.5, 0.6) is 0 Å². The van der Waals surface area contributed by atoms with E-state index in [1.54, 1.807) is 24.3 Å². The van der Waals surface area contributed by atoms with Gasteiger partial charge in [-0.25, -0.2) is 0 Å². The number of nitrogens with zero attached hydrogens (tertiary/aromatic N) is 3. The van der Waals surface area contributed by atoms with Crippen LogP contribution in [0.1, 0.15) is 25.8 Å². The second-order valence-corrected chi connectivity index (χ2v) is 4.71. The minimum absolute atomic E-state index is 0.147. The van der Waals surface area contributed by atoms with E-state index in [1.807, 2.05) is 24.8 Å². The van der Waals surface area contributed by atoms with Gasteiger partial charge in [-0.2, -0.15) is 10.5 Å². The smallest absolute Gasteiger partial charge is 0.238 e. The molecule has 1 amide bonds. The summed E-state index contributed by atoms with van der Waals surface area (Å²) in [7, 11) is 0. The molecule has 0 unspecified atom stereocenters. The van der Waals surface area contributed by atoms with Gasteiger partial charge in [0.05, 0.1) is 24.2 Å². The number of benzene rings is 1. The van der Waals surface area contributed by atoms with Gasteiger partial charge in [0.2, 0.25) is 5.91 Å². The molecular weight excluding hydrogens is 252 g/mol. The molecule has 1 rings (SSSR count). The maximum Gasteiger partial charge on any atom is 0.238 e. The van der Waals surface area contributed by atoms with E-state index in [1.165, 1.54) is 0 Å². The minimum Gasteiger partial charge on any atom is -0.325 e. The summed E-state index contributed by atoms with van der Waals surface area (Å²) in [6.45, 7) is 4.78. The summed E-state index contributed by atoms with van der Waals surface area (Å²) in [6, 6.07) is 11.1. The highest BCUT2D eigenvalue weighted by Crippen LogP contribution is 2.10. The van der Waals surface area contributed by atoms with E-state index >= 15 is 0 Å². The lowest BCUT2D eigenvalue weighted by atomic mass is 10.2. The number of anilines is 1. The first-order valence-electron chi connectivity index (χ1n) is 6.48. The Labute approximate surface area is 119 Å². The van der Waals surface area contributed by atoms with Gasteiger partial charge in [-0.1, -0.05) is 6.07 Å². The van der Waals surface area contributed by atoms with Crippen LogP contribution in [0.2, 0.25) is 0 Å². The van der Waals surface area contributed by atoms with Crippen LogP contribution in [0.15, 0.2) is 24.3 Å². The fraction of sp³-hybridized carbons (Fsp3) is 0.400. The number of hydrogen-bond acceptors (Lipinski definition) is 4. The molecule has 0 atom stereocenters. The fourth-order valence-electron chi connectivity index (χ4n) is 1.76. The van der Waals surface area contributed by atoms with Gasteiger partial charge in [0.15, 0.2) is 0 Å². The SMILES string of the molecule is CC(C)N(CCC#N)CC(=O)Nc1cccc(C#N)c1.